The van der Waals surface area contributed by atoms with Crippen LogP contribution in [0.2, 0.25) is 0 Å². The lowest BCUT2D eigenvalue weighted by Crippen LogP contribution is -2.04. The second kappa shape index (κ2) is 5.72. The molecule has 0 aliphatic rings. The average Bonchev–Trinajstić information content (AvgIpc) is 2.28. The van der Waals surface area contributed by atoms with Crippen molar-refractivity contribution < 1.29 is 19.3 Å². The average molecular weight is 226 g/mol. The molecule has 0 spiro atoms. The largest absolute Gasteiger partial charge is 0.493 e. The molecule has 1 atom stereocenters. The molecule has 1 N–H and O–H groups in total. The van der Waals surface area contributed by atoms with Crippen molar-refractivity contribution in [3.63, 3.8) is 0 Å². The molecule has 0 saturated carbocycles. The fraction of sp³-hybridized carbons (Fsp3) is 0.500. The van der Waals surface area contributed by atoms with Gasteiger partial charge in [-0.2, -0.15) is 0 Å². The van der Waals surface area contributed by atoms with Crippen molar-refractivity contribution in [2.75, 3.05) is 21.3 Å². The number of benzene rings is 1. The molecule has 0 amide bonds. The zero-order valence-corrected chi connectivity index (χ0v) is 10.1. The first kappa shape index (κ1) is 12.8. The van der Waals surface area contributed by atoms with E-state index in [1.165, 1.54) is 0 Å². The van der Waals surface area contributed by atoms with Crippen LogP contribution in [0.15, 0.2) is 12.1 Å². The molecule has 4 nitrogen and oxygen atoms in total. The molecule has 0 saturated heterocycles. The Labute approximate surface area is 95.8 Å². The predicted octanol–water partition coefficient (Wildman–Crippen LogP) is 1.90. The van der Waals surface area contributed by atoms with Crippen LogP contribution in [0.5, 0.6) is 11.5 Å². The van der Waals surface area contributed by atoms with Crippen molar-refractivity contribution in [3.8, 4) is 11.5 Å². The number of ether oxygens (including phenoxy) is 3. The first-order chi connectivity index (χ1) is 7.65. The minimum Gasteiger partial charge on any atom is -0.493 e. The van der Waals surface area contributed by atoms with Crippen molar-refractivity contribution in [2.24, 2.45) is 0 Å². The van der Waals surface area contributed by atoms with E-state index in [1.807, 2.05) is 6.07 Å². The van der Waals surface area contributed by atoms with E-state index in [9.17, 15) is 5.11 Å². The van der Waals surface area contributed by atoms with E-state index < -0.39 is 6.10 Å². The summed E-state index contributed by atoms with van der Waals surface area (Å²) >= 11 is 0. The quantitative estimate of drug-likeness (QED) is 0.833. The van der Waals surface area contributed by atoms with E-state index in [0.717, 1.165) is 11.1 Å². The van der Waals surface area contributed by atoms with Gasteiger partial charge in [-0.1, -0.05) is 6.07 Å². The van der Waals surface area contributed by atoms with Gasteiger partial charge < -0.3 is 19.3 Å². The van der Waals surface area contributed by atoms with Crippen LogP contribution >= 0.6 is 0 Å². The Morgan fingerprint density at radius 3 is 2.31 bits per heavy atom. The highest BCUT2D eigenvalue weighted by Crippen LogP contribution is 2.36. The molecule has 0 heterocycles. The molecule has 16 heavy (non-hydrogen) atoms. The van der Waals surface area contributed by atoms with Gasteiger partial charge in [-0.25, -0.2) is 0 Å². The molecule has 0 aliphatic heterocycles. The lowest BCUT2D eigenvalue weighted by molar-refractivity contribution is 0.167. The third-order valence-corrected chi connectivity index (χ3v) is 2.42. The maximum absolute atomic E-state index is 9.66. The highest BCUT2D eigenvalue weighted by atomic mass is 16.5. The summed E-state index contributed by atoms with van der Waals surface area (Å²) in [5, 5.41) is 9.66. The van der Waals surface area contributed by atoms with Gasteiger partial charge in [0, 0.05) is 12.7 Å². The van der Waals surface area contributed by atoms with Gasteiger partial charge in [-0.3, -0.25) is 0 Å². The van der Waals surface area contributed by atoms with Crippen molar-refractivity contribution in [2.45, 2.75) is 19.6 Å². The molecule has 0 bridgehead atoms. The summed E-state index contributed by atoms with van der Waals surface area (Å²) in [6, 6.07) is 3.60. The fourth-order valence-electron chi connectivity index (χ4n) is 1.69. The van der Waals surface area contributed by atoms with Gasteiger partial charge >= 0.3 is 0 Å². The zero-order valence-electron chi connectivity index (χ0n) is 10.1. The van der Waals surface area contributed by atoms with Crippen molar-refractivity contribution in [1.82, 2.24) is 0 Å². The third-order valence-electron chi connectivity index (χ3n) is 2.42. The maximum Gasteiger partial charge on any atom is 0.166 e. The van der Waals surface area contributed by atoms with Crippen molar-refractivity contribution in [3.05, 3.63) is 23.3 Å². The molecule has 0 aliphatic carbocycles. The van der Waals surface area contributed by atoms with Crippen LogP contribution in [-0.2, 0) is 11.3 Å². The van der Waals surface area contributed by atoms with E-state index >= 15 is 0 Å². The molecule has 90 valence electrons. The number of hydrogen-bond donors (Lipinski definition) is 1. The topological polar surface area (TPSA) is 47.9 Å². The Bertz CT molecular complexity index is 347. The molecule has 4 heteroatoms. The molecule has 1 aromatic rings. The van der Waals surface area contributed by atoms with Crippen LogP contribution in [0, 0.1) is 0 Å². The van der Waals surface area contributed by atoms with Gasteiger partial charge in [0.1, 0.15) is 0 Å². The first-order valence-electron chi connectivity index (χ1n) is 5.06. The van der Waals surface area contributed by atoms with Crippen LogP contribution in [0.1, 0.15) is 24.2 Å². The Balaban J connectivity index is 3.31. The molecule has 1 rings (SSSR count). The summed E-state index contributed by atoms with van der Waals surface area (Å²) in [6.07, 6.45) is -0.565. The smallest absolute Gasteiger partial charge is 0.166 e. The lowest BCUT2D eigenvalue weighted by Gasteiger charge is -2.17. The monoisotopic (exact) mass is 226 g/mol. The van der Waals surface area contributed by atoms with Crippen LogP contribution in [0.4, 0.5) is 0 Å². The highest BCUT2D eigenvalue weighted by molar-refractivity contribution is 5.51. The van der Waals surface area contributed by atoms with Gasteiger partial charge in [-0.05, 0) is 18.6 Å². The summed E-state index contributed by atoms with van der Waals surface area (Å²) < 4.78 is 15.6. The van der Waals surface area contributed by atoms with E-state index in [-0.39, 0.29) is 0 Å². The van der Waals surface area contributed by atoms with Crippen LogP contribution in [0.3, 0.4) is 0 Å². The minimum absolute atomic E-state index is 0.376. The number of rotatable bonds is 5. The minimum atomic E-state index is -0.565. The third kappa shape index (κ3) is 2.46. The van der Waals surface area contributed by atoms with Crippen LogP contribution in [0.25, 0.3) is 0 Å². The van der Waals surface area contributed by atoms with Gasteiger partial charge in [-0.15, -0.1) is 0 Å². The molecule has 1 aromatic carbocycles. The first-order valence-corrected chi connectivity index (χ1v) is 5.06. The van der Waals surface area contributed by atoms with E-state index in [4.69, 9.17) is 14.2 Å². The van der Waals surface area contributed by atoms with Gasteiger partial charge in [0.05, 0.1) is 26.9 Å². The van der Waals surface area contributed by atoms with Gasteiger partial charge in [0.25, 0.3) is 0 Å². The van der Waals surface area contributed by atoms with Crippen molar-refractivity contribution in [1.29, 1.82) is 0 Å². The maximum atomic E-state index is 9.66. The zero-order chi connectivity index (χ0) is 12.1. The summed E-state index contributed by atoms with van der Waals surface area (Å²) in [5.41, 5.74) is 1.61. The Morgan fingerprint density at radius 2 is 1.88 bits per heavy atom. The summed E-state index contributed by atoms with van der Waals surface area (Å²) in [7, 11) is 4.75. The molecule has 0 aromatic heterocycles. The Hall–Kier alpha value is -1.26. The summed E-state index contributed by atoms with van der Waals surface area (Å²) in [4.78, 5) is 0. The normalized spacial score (nSPS) is 12.3. The second-order valence-electron chi connectivity index (χ2n) is 3.48. The number of aliphatic hydroxyl groups excluding tert-OH is 1. The number of hydrogen-bond acceptors (Lipinski definition) is 4. The lowest BCUT2D eigenvalue weighted by atomic mass is 10.0. The standard InChI is InChI=1S/C12H18O4/c1-8(13)9-5-6-11(15-3)12(16-4)10(9)7-14-2/h5-6,8,13H,7H2,1-4H3. The Kier molecular flexibility index (Phi) is 4.58. The fourth-order valence-corrected chi connectivity index (χ4v) is 1.69. The molecule has 0 fully saturated rings. The number of methoxy groups -OCH3 is 3. The van der Waals surface area contributed by atoms with E-state index in [1.54, 1.807) is 34.3 Å². The summed E-state index contributed by atoms with van der Waals surface area (Å²) in [6.45, 7) is 2.08. The molecule has 1 unspecified atom stereocenters. The Morgan fingerprint density at radius 1 is 1.19 bits per heavy atom. The molecule has 0 radical (unpaired) electrons. The SMILES string of the molecule is COCc1c(C(C)O)ccc(OC)c1OC. The van der Waals surface area contributed by atoms with Crippen LogP contribution < -0.4 is 9.47 Å². The van der Waals surface area contributed by atoms with Crippen LogP contribution in [-0.4, -0.2) is 26.4 Å². The van der Waals surface area contributed by atoms with E-state index in [2.05, 4.69) is 0 Å². The molecular formula is C12H18O4. The van der Waals surface area contributed by atoms with Gasteiger partial charge in [0.2, 0.25) is 0 Å². The van der Waals surface area contributed by atoms with Gasteiger partial charge in [0.15, 0.2) is 11.5 Å². The molecular weight excluding hydrogens is 208 g/mol. The highest BCUT2D eigenvalue weighted by Gasteiger charge is 2.17. The second-order valence-corrected chi connectivity index (χ2v) is 3.48. The van der Waals surface area contributed by atoms with E-state index in [0.29, 0.717) is 18.1 Å². The predicted molar refractivity (Wildman–Crippen MR) is 60.9 cm³/mol. The van der Waals surface area contributed by atoms with Crippen molar-refractivity contribution >= 4 is 0 Å². The summed E-state index contributed by atoms with van der Waals surface area (Å²) in [5.74, 6) is 1.25. The number of aliphatic hydroxyl groups is 1.